The Kier molecular flexibility index (Phi) is 5.00. The van der Waals surface area contributed by atoms with Crippen molar-refractivity contribution in [2.24, 2.45) is 5.41 Å². The molecule has 2 nitrogen and oxygen atoms in total. The number of esters is 1. The summed E-state index contributed by atoms with van der Waals surface area (Å²) in [6.07, 6.45) is 4.79. The molecular weight excluding hydrogens is 328 g/mol. The quantitative estimate of drug-likeness (QED) is 0.531. The van der Waals surface area contributed by atoms with E-state index < -0.39 is 5.41 Å². The van der Waals surface area contributed by atoms with Crippen LogP contribution in [0.25, 0.3) is 0 Å². The summed E-state index contributed by atoms with van der Waals surface area (Å²) in [6, 6.07) is 9.34. The second kappa shape index (κ2) is 6.64. The van der Waals surface area contributed by atoms with Crippen LogP contribution >= 0.6 is 0 Å². The standard InChI is InChI=1S/C22H33O2S/c1-21(2,3)15-7-9-17(10-8-15)25-18-11-12-19(25)14-16(13-18)24-20(23)22(4,5)6/h7-10,16,18-19H,11-14H2,1-6H3/q+1. The van der Waals surface area contributed by atoms with E-state index >= 15 is 0 Å². The van der Waals surface area contributed by atoms with Gasteiger partial charge in [0.15, 0.2) is 4.90 Å². The van der Waals surface area contributed by atoms with Crippen molar-refractivity contribution < 1.29 is 9.53 Å². The molecule has 0 saturated carbocycles. The number of benzene rings is 1. The van der Waals surface area contributed by atoms with Gasteiger partial charge in [0.05, 0.1) is 5.41 Å². The maximum Gasteiger partial charge on any atom is 0.311 e. The van der Waals surface area contributed by atoms with Gasteiger partial charge in [-0.15, -0.1) is 0 Å². The zero-order valence-electron chi connectivity index (χ0n) is 16.6. The maximum absolute atomic E-state index is 12.2. The molecule has 3 heteroatoms. The smallest absolute Gasteiger partial charge is 0.311 e. The molecule has 1 aromatic rings. The zero-order valence-corrected chi connectivity index (χ0v) is 17.4. The number of carbonyl (C=O) groups is 1. The van der Waals surface area contributed by atoms with Crippen molar-refractivity contribution in [3.8, 4) is 0 Å². The molecule has 0 amide bonds. The van der Waals surface area contributed by atoms with Crippen molar-refractivity contribution in [1.29, 1.82) is 0 Å². The van der Waals surface area contributed by atoms with Gasteiger partial charge in [-0.1, -0.05) is 32.9 Å². The lowest BCUT2D eigenvalue weighted by atomic mass is 9.87. The predicted octanol–water partition coefficient (Wildman–Crippen LogP) is 5.24. The summed E-state index contributed by atoms with van der Waals surface area (Å²) in [5, 5.41) is 1.38. The Labute approximate surface area is 156 Å². The van der Waals surface area contributed by atoms with Gasteiger partial charge >= 0.3 is 5.97 Å². The SMILES string of the molecule is CC(C)(C)C(=O)OC1CC2CCC(C1)[S+]2c1ccc(C(C)(C)C)cc1. The third-order valence-electron chi connectivity index (χ3n) is 5.46. The highest BCUT2D eigenvalue weighted by atomic mass is 32.2. The van der Waals surface area contributed by atoms with Gasteiger partial charge in [-0.25, -0.2) is 0 Å². The lowest BCUT2D eigenvalue weighted by Crippen LogP contribution is -2.39. The predicted molar refractivity (Wildman–Crippen MR) is 106 cm³/mol. The summed E-state index contributed by atoms with van der Waals surface area (Å²) in [5.41, 5.74) is 1.21. The molecule has 2 atom stereocenters. The highest BCUT2D eigenvalue weighted by Gasteiger charge is 2.53. The average molecular weight is 362 g/mol. The molecule has 0 aliphatic carbocycles. The summed E-state index contributed by atoms with van der Waals surface area (Å²) >= 11 is 0. The fraction of sp³-hybridized carbons (Fsp3) is 0.682. The number of hydrogen-bond donors (Lipinski definition) is 0. The number of carbonyl (C=O) groups excluding carboxylic acids is 1. The van der Waals surface area contributed by atoms with Crippen LogP contribution in [0.4, 0.5) is 0 Å². The zero-order chi connectivity index (χ0) is 18.4. The number of ether oxygens (including phenoxy) is 1. The molecule has 0 aromatic heterocycles. The minimum Gasteiger partial charge on any atom is -0.462 e. The Balaban J connectivity index is 1.70. The lowest BCUT2D eigenvalue weighted by molar-refractivity contribution is -0.159. The molecule has 2 aliphatic rings. The number of hydrogen-bond acceptors (Lipinski definition) is 2. The van der Waals surface area contributed by atoms with Gasteiger partial charge in [-0.05, 0) is 43.9 Å². The van der Waals surface area contributed by atoms with Gasteiger partial charge in [0, 0.05) is 36.6 Å². The lowest BCUT2D eigenvalue weighted by Gasteiger charge is -2.30. The molecule has 0 N–H and O–H groups in total. The maximum atomic E-state index is 12.2. The van der Waals surface area contributed by atoms with Crippen molar-refractivity contribution in [3.63, 3.8) is 0 Å². The van der Waals surface area contributed by atoms with Gasteiger partial charge < -0.3 is 4.74 Å². The van der Waals surface area contributed by atoms with E-state index in [1.807, 2.05) is 20.8 Å². The van der Waals surface area contributed by atoms with E-state index in [9.17, 15) is 4.79 Å². The third-order valence-corrected chi connectivity index (χ3v) is 8.57. The normalized spacial score (nSPS) is 29.5. The largest absolute Gasteiger partial charge is 0.462 e. The van der Waals surface area contributed by atoms with Crippen molar-refractivity contribution in [2.45, 2.75) is 94.1 Å². The fourth-order valence-corrected chi connectivity index (χ4v) is 7.33. The first-order chi connectivity index (χ1) is 11.6. The Hall–Kier alpha value is -0.960. The molecule has 0 spiro atoms. The third kappa shape index (κ3) is 4.07. The van der Waals surface area contributed by atoms with Crippen LogP contribution in [-0.2, 0) is 25.8 Å². The number of fused-ring (bicyclic) bond motifs is 2. The first-order valence-electron chi connectivity index (χ1n) is 9.59. The van der Waals surface area contributed by atoms with Crippen molar-refractivity contribution in [1.82, 2.24) is 0 Å². The van der Waals surface area contributed by atoms with Crippen molar-refractivity contribution in [2.75, 3.05) is 0 Å². The van der Waals surface area contributed by atoms with Crippen LogP contribution in [0.5, 0.6) is 0 Å². The van der Waals surface area contributed by atoms with E-state index in [1.165, 1.54) is 23.3 Å². The minimum absolute atomic E-state index is 0.0480. The van der Waals surface area contributed by atoms with E-state index in [1.54, 1.807) is 0 Å². The van der Waals surface area contributed by atoms with Gasteiger partial charge in [-0.3, -0.25) is 4.79 Å². The number of rotatable bonds is 2. The summed E-state index contributed by atoms with van der Waals surface area (Å²) in [6.45, 7) is 12.6. The van der Waals surface area contributed by atoms with Crippen molar-refractivity contribution >= 4 is 16.9 Å². The molecule has 0 radical (unpaired) electrons. The minimum atomic E-state index is -0.402. The summed E-state index contributed by atoms with van der Waals surface area (Å²) in [5.74, 6) is -0.0480. The molecule has 2 bridgehead atoms. The van der Waals surface area contributed by atoms with E-state index in [2.05, 4.69) is 45.0 Å². The molecular formula is C22H33O2S+. The van der Waals surface area contributed by atoms with E-state index in [0.717, 1.165) is 12.8 Å². The van der Waals surface area contributed by atoms with Crippen LogP contribution in [0.3, 0.4) is 0 Å². The van der Waals surface area contributed by atoms with Crippen LogP contribution in [-0.4, -0.2) is 22.6 Å². The van der Waals surface area contributed by atoms with Crippen LogP contribution in [0, 0.1) is 5.41 Å². The van der Waals surface area contributed by atoms with E-state index in [-0.39, 0.29) is 17.5 Å². The van der Waals surface area contributed by atoms with E-state index in [4.69, 9.17) is 4.74 Å². The summed E-state index contributed by atoms with van der Waals surface area (Å²) < 4.78 is 5.85. The van der Waals surface area contributed by atoms with Gasteiger partial charge in [0.25, 0.3) is 0 Å². The van der Waals surface area contributed by atoms with Gasteiger partial charge in [-0.2, -0.15) is 0 Å². The Morgan fingerprint density at radius 2 is 1.48 bits per heavy atom. The van der Waals surface area contributed by atoms with Gasteiger partial charge in [0.1, 0.15) is 16.6 Å². The Morgan fingerprint density at radius 1 is 0.960 bits per heavy atom. The second-order valence-electron chi connectivity index (χ2n) is 9.72. The average Bonchev–Trinajstić information content (AvgIpc) is 2.77. The highest BCUT2D eigenvalue weighted by Crippen LogP contribution is 2.45. The monoisotopic (exact) mass is 361 g/mol. The topological polar surface area (TPSA) is 26.3 Å². The van der Waals surface area contributed by atoms with Crippen LogP contribution in [0.2, 0.25) is 0 Å². The fourth-order valence-electron chi connectivity index (χ4n) is 3.94. The van der Waals surface area contributed by atoms with Crippen LogP contribution in [0.1, 0.15) is 72.8 Å². The first-order valence-corrected chi connectivity index (χ1v) is 10.9. The first kappa shape index (κ1) is 18.8. The molecule has 25 heavy (non-hydrogen) atoms. The molecule has 2 heterocycles. The molecule has 2 fully saturated rings. The molecule has 3 rings (SSSR count). The molecule has 1 aromatic carbocycles. The van der Waals surface area contributed by atoms with E-state index in [0.29, 0.717) is 21.4 Å². The van der Waals surface area contributed by atoms with Crippen LogP contribution in [0.15, 0.2) is 29.2 Å². The van der Waals surface area contributed by atoms with Crippen LogP contribution < -0.4 is 0 Å². The molecule has 2 unspecified atom stereocenters. The molecule has 2 saturated heterocycles. The van der Waals surface area contributed by atoms with Gasteiger partial charge in [0.2, 0.25) is 0 Å². The van der Waals surface area contributed by atoms with Crippen molar-refractivity contribution in [3.05, 3.63) is 29.8 Å². The summed E-state index contributed by atoms with van der Waals surface area (Å²) in [4.78, 5) is 13.7. The Bertz CT molecular complexity index is 607. The Morgan fingerprint density at radius 3 is 1.92 bits per heavy atom. The second-order valence-corrected chi connectivity index (χ2v) is 12.3. The molecule has 2 aliphatic heterocycles. The highest BCUT2D eigenvalue weighted by molar-refractivity contribution is 7.98. The summed E-state index contributed by atoms with van der Waals surface area (Å²) in [7, 11) is 0.331. The molecule has 138 valence electrons.